The fourth-order valence-corrected chi connectivity index (χ4v) is 6.48. The Morgan fingerprint density at radius 3 is 1.03 bits per heavy atom. The Hall–Kier alpha value is -0.590. The Kier molecular flexibility index (Phi) is 22.8. The van der Waals surface area contributed by atoms with Crippen molar-refractivity contribution in [1.82, 2.24) is 0 Å². The summed E-state index contributed by atoms with van der Waals surface area (Å²) in [5, 5.41) is 7.29. The minimum atomic E-state index is -5.31. The van der Waals surface area contributed by atoms with E-state index in [-0.39, 0.29) is 12.8 Å². The molecule has 0 rings (SSSR count). The summed E-state index contributed by atoms with van der Waals surface area (Å²) in [6.07, 6.45) is 21.2. The molecule has 0 bridgehead atoms. The first-order valence-electron chi connectivity index (χ1n) is 15.7. The van der Waals surface area contributed by atoms with Gasteiger partial charge in [0.05, 0.1) is 0 Å². The van der Waals surface area contributed by atoms with Crippen molar-refractivity contribution in [3.05, 3.63) is 0 Å². The first kappa shape index (κ1) is 37.4. The van der Waals surface area contributed by atoms with E-state index in [9.17, 15) is 29.0 Å². The summed E-state index contributed by atoms with van der Waals surface area (Å²) in [5.74, 6) is -1.85. The number of carbonyl (C=O) groups is 2. The lowest BCUT2D eigenvalue weighted by molar-refractivity contribution is -0.136. The first-order valence-corrected chi connectivity index (χ1v) is 17.3. The largest absolute Gasteiger partial charge is 0.377 e. The van der Waals surface area contributed by atoms with Crippen molar-refractivity contribution in [3.63, 3.8) is 0 Å². The number of Topliss-reactive ketones (excluding diaryl/α,β-unsaturated/α-hetero) is 2. The second-order valence-corrected chi connectivity index (χ2v) is 13.0. The zero-order valence-corrected chi connectivity index (χ0v) is 25.5. The highest BCUT2D eigenvalue weighted by Gasteiger charge is 2.61. The lowest BCUT2D eigenvalue weighted by atomic mass is 9.89. The van der Waals surface area contributed by atoms with Crippen molar-refractivity contribution in [1.29, 1.82) is 0 Å². The van der Waals surface area contributed by atoms with Crippen molar-refractivity contribution in [2.75, 3.05) is 0 Å². The van der Waals surface area contributed by atoms with Crippen LogP contribution >= 0.6 is 7.60 Å². The van der Waals surface area contributed by atoms with Gasteiger partial charge in [0.2, 0.25) is 5.16 Å². The van der Waals surface area contributed by atoms with Crippen LogP contribution in [0.2, 0.25) is 0 Å². The van der Waals surface area contributed by atoms with Gasteiger partial charge >= 0.3 is 7.60 Å². The van der Waals surface area contributed by atoms with Gasteiger partial charge in [0, 0.05) is 12.8 Å². The van der Waals surface area contributed by atoms with Gasteiger partial charge in [-0.3, -0.25) is 14.2 Å². The van der Waals surface area contributed by atoms with E-state index in [1.807, 2.05) is 0 Å². The monoisotopic (exact) mass is 561 g/mol. The molecule has 38 heavy (non-hydrogen) atoms. The van der Waals surface area contributed by atoms with Gasteiger partial charge in [-0.05, 0) is 12.8 Å². The number of hydrogen-bond acceptors (Lipinski definition) is 5. The van der Waals surface area contributed by atoms with E-state index in [4.69, 9.17) is 5.73 Å². The van der Waals surface area contributed by atoms with Crippen LogP contribution in [0.15, 0.2) is 0 Å². The molecule has 7 nitrogen and oxygen atoms in total. The summed E-state index contributed by atoms with van der Waals surface area (Å²) < 4.78 is 12.4. The Morgan fingerprint density at radius 2 is 0.816 bits per heavy atom. The number of aliphatic hydroxyl groups is 1. The molecule has 0 fully saturated rings. The predicted octanol–water partition coefficient (Wildman–Crippen LogP) is 7.72. The van der Waals surface area contributed by atoms with Crippen LogP contribution in [-0.2, 0) is 14.2 Å². The van der Waals surface area contributed by atoms with Crippen LogP contribution in [0.4, 0.5) is 0 Å². The Bertz CT molecular complexity index is 611. The SMILES string of the molecule is CCCCCCCCCCCCCC(=O)C(C(=O)CCCCCCCCCCCCC)(C(N)O)P(=O)(O)O. The van der Waals surface area contributed by atoms with Crippen molar-refractivity contribution < 1.29 is 29.0 Å². The van der Waals surface area contributed by atoms with Crippen LogP contribution < -0.4 is 5.73 Å². The molecule has 0 saturated carbocycles. The minimum absolute atomic E-state index is 0.166. The van der Waals surface area contributed by atoms with Crippen molar-refractivity contribution in [2.24, 2.45) is 5.73 Å². The molecule has 0 radical (unpaired) electrons. The number of unbranched alkanes of at least 4 members (excludes halogenated alkanes) is 20. The van der Waals surface area contributed by atoms with Gasteiger partial charge in [0.15, 0.2) is 11.6 Å². The van der Waals surface area contributed by atoms with Gasteiger partial charge in [-0.15, -0.1) is 0 Å². The van der Waals surface area contributed by atoms with E-state index in [0.29, 0.717) is 12.8 Å². The molecule has 0 aromatic rings. The number of rotatable bonds is 28. The molecular weight excluding hydrogens is 501 g/mol. The molecular formula is C30H60NO6P. The molecule has 1 atom stereocenters. The maximum absolute atomic E-state index is 13.0. The summed E-state index contributed by atoms with van der Waals surface area (Å²) in [6.45, 7) is 4.41. The highest BCUT2D eigenvalue weighted by Crippen LogP contribution is 2.54. The van der Waals surface area contributed by atoms with Crippen molar-refractivity contribution >= 4 is 19.2 Å². The normalized spacial score (nSPS) is 13.1. The van der Waals surface area contributed by atoms with Gasteiger partial charge in [-0.1, -0.05) is 142 Å². The van der Waals surface area contributed by atoms with E-state index < -0.39 is 30.5 Å². The molecule has 0 amide bonds. The molecule has 0 aliphatic carbocycles. The predicted molar refractivity (Wildman–Crippen MR) is 157 cm³/mol. The van der Waals surface area contributed by atoms with Crippen LogP contribution in [0.3, 0.4) is 0 Å². The molecule has 0 aromatic carbocycles. The van der Waals surface area contributed by atoms with Crippen LogP contribution in [-0.4, -0.2) is 37.8 Å². The molecule has 1 unspecified atom stereocenters. The Morgan fingerprint density at radius 1 is 0.579 bits per heavy atom. The molecule has 0 heterocycles. The average Bonchev–Trinajstić information content (AvgIpc) is 2.85. The van der Waals surface area contributed by atoms with Gasteiger partial charge in [-0.2, -0.15) is 0 Å². The number of nitrogens with two attached hydrogens (primary N) is 1. The van der Waals surface area contributed by atoms with Crippen molar-refractivity contribution in [2.45, 2.75) is 179 Å². The number of aliphatic hydroxyl groups excluding tert-OH is 1. The molecule has 0 aromatic heterocycles. The van der Waals surface area contributed by atoms with Crippen molar-refractivity contribution in [3.8, 4) is 0 Å². The van der Waals surface area contributed by atoms with E-state index in [1.165, 1.54) is 77.0 Å². The zero-order chi connectivity index (χ0) is 28.7. The third-order valence-electron chi connectivity index (χ3n) is 7.75. The number of hydrogen-bond donors (Lipinski definition) is 4. The molecule has 5 N–H and O–H groups in total. The lowest BCUT2D eigenvalue weighted by Crippen LogP contribution is -2.59. The van der Waals surface area contributed by atoms with E-state index in [2.05, 4.69) is 13.8 Å². The fraction of sp³-hybridized carbons (Fsp3) is 0.933. The van der Waals surface area contributed by atoms with Gasteiger partial charge in [0.25, 0.3) is 0 Å². The molecule has 226 valence electrons. The molecule has 0 spiro atoms. The maximum Gasteiger partial charge on any atom is 0.350 e. The highest BCUT2D eigenvalue weighted by molar-refractivity contribution is 7.56. The summed E-state index contributed by atoms with van der Waals surface area (Å²) in [6, 6.07) is 0. The quantitative estimate of drug-likeness (QED) is 0.0332. The topological polar surface area (TPSA) is 138 Å². The highest BCUT2D eigenvalue weighted by atomic mass is 31.2. The second-order valence-electron chi connectivity index (χ2n) is 11.2. The maximum atomic E-state index is 13.0. The Labute approximate surface area is 233 Å². The molecule has 0 aliphatic heterocycles. The first-order chi connectivity index (χ1) is 18.2. The Balaban J connectivity index is 4.46. The molecule has 8 heteroatoms. The lowest BCUT2D eigenvalue weighted by Gasteiger charge is -2.33. The molecule has 0 saturated heterocycles. The number of ketones is 2. The second kappa shape index (κ2) is 23.1. The smallest absolute Gasteiger partial charge is 0.350 e. The molecule has 0 aliphatic rings. The third kappa shape index (κ3) is 15.3. The average molecular weight is 562 g/mol. The van der Waals surface area contributed by atoms with E-state index in [0.717, 1.165) is 51.4 Å². The zero-order valence-electron chi connectivity index (χ0n) is 24.6. The van der Waals surface area contributed by atoms with Crippen LogP contribution in [0.25, 0.3) is 0 Å². The third-order valence-corrected chi connectivity index (χ3v) is 9.43. The fourth-order valence-electron chi connectivity index (χ4n) is 5.26. The van der Waals surface area contributed by atoms with Gasteiger partial charge in [0.1, 0.15) is 6.23 Å². The van der Waals surface area contributed by atoms with E-state index >= 15 is 0 Å². The summed E-state index contributed by atoms with van der Waals surface area (Å²) in [5.41, 5.74) is 5.54. The van der Waals surface area contributed by atoms with Gasteiger partial charge < -0.3 is 20.6 Å². The number of carbonyl (C=O) groups excluding carboxylic acids is 2. The summed E-state index contributed by atoms with van der Waals surface area (Å²) in [7, 11) is -5.31. The van der Waals surface area contributed by atoms with E-state index in [1.54, 1.807) is 0 Å². The van der Waals surface area contributed by atoms with Crippen LogP contribution in [0.1, 0.15) is 168 Å². The van der Waals surface area contributed by atoms with Crippen LogP contribution in [0, 0.1) is 0 Å². The minimum Gasteiger partial charge on any atom is -0.377 e. The van der Waals surface area contributed by atoms with Crippen LogP contribution in [0.5, 0.6) is 0 Å². The summed E-state index contributed by atoms with van der Waals surface area (Å²) >= 11 is 0. The summed E-state index contributed by atoms with van der Waals surface area (Å²) in [4.78, 5) is 46.1. The standard InChI is InChI=1S/C30H60NO6P/c1-3-5-7-9-11-13-15-17-19-21-23-25-27(32)30(29(31)34,38(35,36)37)28(33)26-24-22-20-18-16-14-12-10-8-6-4-2/h29,34H,3-26,31H2,1-2H3,(H2,35,36,37). The van der Waals surface area contributed by atoms with Gasteiger partial charge in [-0.25, -0.2) is 0 Å².